The molecule has 4 rings (SSSR count). The van der Waals surface area contributed by atoms with Gasteiger partial charge in [0.25, 0.3) is 5.91 Å². The molecule has 0 saturated heterocycles. The van der Waals surface area contributed by atoms with E-state index in [1.165, 1.54) is 28.2 Å². The first-order valence-corrected chi connectivity index (χ1v) is 9.61. The van der Waals surface area contributed by atoms with Crippen LogP contribution in [-0.2, 0) is 0 Å². The Labute approximate surface area is 158 Å². The van der Waals surface area contributed by atoms with Crippen molar-refractivity contribution < 1.29 is 4.79 Å². The van der Waals surface area contributed by atoms with Crippen molar-refractivity contribution >= 4 is 54.9 Å². The zero-order valence-corrected chi connectivity index (χ0v) is 15.7. The van der Waals surface area contributed by atoms with Crippen molar-refractivity contribution in [1.29, 1.82) is 0 Å². The van der Waals surface area contributed by atoms with Gasteiger partial charge in [-0.25, -0.2) is 15.0 Å². The second kappa shape index (κ2) is 6.81. The molecular weight excluding hydrogens is 366 g/mol. The number of carbonyl (C=O) groups is 1. The first-order chi connectivity index (χ1) is 12.6. The summed E-state index contributed by atoms with van der Waals surface area (Å²) in [5, 5.41) is 8.84. The number of aryl methyl sites for hydroxylation is 2. The topological polar surface area (TPSA) is 79.8 Å². The van der Waals surface area contributed by atoms with Crippen LogP contribution in [0.15, 0.2) is 41.8 Å². The van der Waals surface area contributed by atoms with Gasteiger partial charge >= 0.3 is 0 Å². The summed E-state index contributed by atoms with van der Waals surface area (Å²) in [6.07, 6.45) is 0. The number of nitrogens with zero attached hydrogens (tertiary/aromatic N) is 3. The van der Waals surface area contributed by atoms with Gasteiger partial charge in [0.1, 0.15) is 11.5 Å². The molecule has 1 amide bonds. The van der Waals surface area contributed by atoms with Crippen molar-refractivity contribution in [3.8, 4) is 0 Å². The maximum Gasteiger partial charge on any atom is 0.276 e. The minimum Gasteiger partial charge on any atom is -0.316 e. The van der Waals surface area contributed by atoms with E-state index in [1.807, 2.05) is 44.2 Å². The molecular formula is C18H15N5OS2. The van der Waals surface area contributed by atoms with Gasteiger partial charge in [-0.1, -0.05) is 23.5 Å². The van der Waals surface area contributed by atoms with Crippen LogP contribution < -0.4 is 10.6 Å². The molecule has 26 heavy (non-hydrogen) atoms. The van der Waals surface area contributed by atoms with Crippen LogP contribution in [0.5, 0.6) is 0 Å². The van der Waals surface area contributed by atoms with Crippen LogP contribution in [0.25, 0.3) is 10.2 Å². The highest BCUT2D eigenvalue weighted by Gasteiger charge is 2.14. The Hall–Kier alpha value is -2.84. The summed E-state index contributed by atoms with van der Waals surface area (Å²) in [4.78, 5) is 25.6. The predicted octanol–water partition coefficient (Wildman–Crippen LogP) is 4.76. The van der Waals surface area contributed by atoms with E-state index in [0.29, 0.717) is 21.8 Å². The molecule has 0 radical (unpaired) electrons. The minimum absolute atomic E-state index is 0.276. The summed E-state index contributed by atoms with van der Waals surface area (Å²) in [7, 11) is 0. The van der Waals surface area contributed by atoms with Crippen LogP contribution >= 0.6 is 22.7 Å². The fraction of sp³-hybridized carbons (Fsp3) is 0.111. The van der Waals surface area contributed by atoms with Crippen LogP contribution in [0, 0.1) is 13.8 Å². The molecule has 0 atom stereocenters. The molecule has 6 nitrogen and oxygen atoms in total. The lowest BCUT2D eigenvalue weighted by molar-refractivity contribution is 0.102. The Morgan fingerprint density at radius 2 is 1.92 bits per heavy atom. The number of pyridine rings is 1. The quantitative estimate of drug-likeness (QED) is 0.533. The Bertz CT molecular complexity index is 1100. The smallest absolute Gasteiger partial charge is 0.276 e. The number of rotatable bonds is 4. The van der Waals surface area contributed by atoms with Crippen molar-refractivity contribution in [1.82, 2.24) is 15.0 Å². The maximum atomic E-state index is 12.4. The summed E-state index contributed by atoms with van der Waals surface area (Å²) in [6, 6.07) is 11.7. The van der Waals surface area contributed by atoms with E-state index in [0.717, 1.165) is 15.9 Å². The van der Waals surface area contributed by atoms with E-state index in [1.54, 1.807) is 5.38 Å². The third-order valence-corrected chi connectivity index (χ3v) is 5.32. The Morgan fingerprint density at radius 1 is 1.04 bits per heavy atom. The number of carbonyl (C=O) groups excluding carboxylic acids is 1. The highest BCUT2D eigenvalue weighted by molar-refractivity contribution is 7.22. The normalized spacial score (nSPS) is 10.8. The maximum absolute atomic E-state index is 12.4. The van der Waals surface area contributed by atoms with Gasteiger partial charge in [0.2, 0.25) is 0 Å². The van der Waals surface area contributed by atoms with Gasteiger partial charge in [-0.2, -0.15) is 0 Å². The van der Waals surface area contributed by atoms with E-state index >= 15 is 0 Å². The number of anilines is 3. The largest absolute Gasteiger partial charge is 0.316 e. The van der Waals surface area contributed by atoms with Crippen LogP contribution in [0.2, 0.25) is 0 Å². The predicted molar refractivity (Wildman–Crippen MR) is 107 cm³/mol. The van der Waals surface area contributed by atoms with Crippen molar-refractivity contribution in [3.05, 3.63) is 58.7 Å². The zero-order chi connectivity index (χ0) is 18.1. The number of hydrogen-bond donors (Lipinski definition) is 2. The molecule has 4 aromatic rings. The van der Waals surface area contributed by atoms with E-state index in [-0.39, 0.29) is 5.91 Å². The zero-order valence-electron chi connectivity index (χ0n) is 14.1. The number of fused-ring (bicyclic) bond motifs is 1. The van der Waals surface area contributed by atoms with E-state index < -0.39 is 0 Å². The number of aromatic nitrogens is 3. The summed E-state index contributed by atoms with van der Waals surface area (Å²) in [5.74, 6) is 0.426. The number of nitrogens with one attached hydrogen (secondary N) is 2. The third-order valence-electron chi connectivity index (χ3n) is 3.62. The van der Waals surface area contributed by atoms with Crippen molar-refractivity contribution in [3.63, 3.8) is 0 Å². The van der Waals surface area contributed by atoms with Crippen LogP contribution in [-0.4, -0.2) is 20.9 Å². The van der Waals surface area contributed by atoms with Crippen molar-refractivity contribution in [2.45, 2.75) is 13.8 Å². The molecule has 130 valence electrons. The first-order valence-electron chi connectivity index (χ1n) is 7.91. The van der Waals surface area contributed by atoms with Gasteiger partial charge in [-0.3, -0.25) is 10.1 Å². The second-order valence-electron chi connectivity index (χ2n) is 5.77. The molecule has 0 saturated carbocycles. The molecule has 0 aliphatic carbocycles. The molecule has 0 unspecified atom stereocenters. The average molecular weight is 381 g/mol. The minimum atomic E-state index is -0.276. The lowest BCUT2D eigenvalue weighted by atomic mass is 10.2. The van der Waals surface area contributed by atoms with E-state index in [2.05, 4.69) is 31.7 Å². The summed E-state index contributed by atoms with van der Waals surface area (Å²) < 4.78 is 1.05. The number of benzene rings is 1. The van der Waals surface area contributed by atoms with Gasteiger partial charge in [0.15, 0.2) is 10.3 Å². The second-order valence-corrected chi connectivity index (χ2v) is 7.66. The summed E-state index contributed by atoms with van der Waals surface area (Å²) >= 11 is 2.81. The molecule has 0 fully saturated rings. The average Bonchev–Trinajstić information content (AvgIpc) is 3.21. The Morgan fingerprint density at radius 3 is 2.77 bits per heavy atom. The van der Waals surface area contributed by atoms with E-state index in [4.69, 9.17) is 0 Å². The lowest BCUT2D eigenvalue weighted by Crippen LogP contribution is -2.12. The fourth-order valence-corrected chi connectivity index (χ4v) is 4.06. The van der Waals surface area contributed by atoms with Crippen molar-refractivity contribution in [2.75, 3.05) is 10.6 Å². The van der Waals surface area contributed by atoms with Crippen LogP contribution in [0.1, 0.15) is 21.7 Å². The molecule has 0 spiro atoms. The molecule has 3 heterocycles. The highest BCUT2D eigenvalue weighted by Crippen LogP contribution is 2.27. The molecule has 3 aromatic heterocycles. The molecule has 0 aliphatic heterocycles. The SMILES string of the molecule is Cc1ccc2nc(NC(=O)c3csc(Nc4cccc(C)n4)n3)sc2c1. The summed E-state index contributed by atoms with van der Waals surface area (Å²) in [5.41, 5.74) is 3.30. The first kappa shape index (κ1) is 16.6. The van der Waals surface area contributed by atoms with Gasteiger partial charge in [0, 0.05) is 11.1 Å². The summed E-state index contributed by atoms with van der Waals surface area (Å²) in [6.45, 7) is 3.95. The molecule has 0 bridgehead atoms. The van der Waals surface area contributed by atoms with Crippen LogP contribution in [0.3, 0.4) is 0 Å². The Kier molecular flexibility index (Phi) is 4.36. The van der Waals surface area contributed by atoms with Crippen LogP contribution in [0.4, 0.5) is 16.1 Å². The van der Waals surface area contributed by atoms with Gasteiger partial charge in [-0.15, -0.1) is 11.3 Å². The van der Waals surface area contributed by atoms with Crippen molar-refractivity contribution in [2.24, 2.45) is 0 Å². The molecule has 1 aromatic carbocycles. The lowest BCUT2D eigenvalue weighted by Gasteiger charge is -2.01. The fourth-order valence-electron chi connectivity index (χ4n) is 2.40. The molecule has 8 heteroatoms. The van der Waals surface area contributed by atoms with Gasteiger partial charge < -0.3 is 5.32 Å². The monoisotopic (exact) mass is 381 g/mol. The van der Waals surface area contributed by atoms with Gasteiger partial charge in [-0.05, 0) is 43.7 Å². The Balaban J connectivity index is 1.48. The number of thiazole rings is 2. The van der Waals surface area contributed by atoms with Gasteiger partial charge in [0.05, 0.1) is 10.2 Å². The number of amides is 1. The highest BCUT2D eigenvalue weighted by atomic mass is 32.1. The molecule has 0 aliphatic rings. The standard InChI is InChI=1S/C18H15N5OS2/c1-10-6-7-12-14(8-10)26-18(20-12)23-16(24)13-9-25-17(21-13)22-15-5-3-4-11(2)19-15/h3-9H,1-2H3,(H,19,21,22)(H,20,23,24). The molecule has 2 N–H and O–H groups in total. The third kappa shape index (κ3) is 3.56. The number of hydrogen-bond acceptors (Lipinski definition) is 7. The van der Waals surface area contributed by atoms with E-state index in [9.17, 15) is 4.79 Å².